The van der Waals surface area contributed by atoms with Crippen LogP contribution in [0.25, 0.3) is 10.8 Å². The summed E-state index contributed by atoms with van der Waals surface area (Å²) in [7, 11) is 0. The molecule has 0 aromatic heterocycles. The molecule has 1 aliphatic heterocycles. The summed E-state index contributed by atoms with van der Waals surface area (Å²) in [5.41, 5.74) is 3.42. The molecule has 3 aromatic rings. The summed E-state index contributed by atoms with van der Waals surface area (Å²) in [5, 5.41) is 5.73. The van der Waals surface area contributed by atoms with Crippen LogP contribution in [0.4, 0.5) is 5.69 Å². The Balaban J connectivity index is 1.18. The number of nitrogens with one attached hydrogen (secondary N) is 1. The molecular formula is C29H25ClN2O3. The second-order valence-corrected chi connectivity index (χ2v) is 9.44. The van der Waals surface area contributed by atoms with E-state index in [1.807, 2.05) is 55.5 Å². The lowest BCUT2D eigenvalue weighted by atomic mass is 9.90. The average molecular weight is 485 g/mol. The van der Waals surface area contributed by atoms with Crippen LogP contribution in [0.2, 0.25) is 0 Å². The highest BCUT2D eigenvalue weighted by molar-refractivity contribution is 6.30. The Kier molecular flexibility index (Phi) is 6.27. The molecule has 0 saturated carbocycles. The quantitative estimate of drug-likeness (QED) is 0.246. The number of anilines is 1. The summed E-state index contributed by atoms with van der Waals surface area (Å²) in [4.78, 5) is 40.1. The maximum absolute atomic E-state index is 13.0. The molecule has 3 aromatic carbocycles. The predicted molar refractivity (Wildman–Crippen MR) is 139 cm³/mol. The molecule has 5 rings (SSSR count). The first-order valence-electron chi connectivity index (χ1n) is 11.8. The number of Topliss-reactive ketones (excluding diaryl/α,β-unsaturated/α-hetero) is 1. The Morgan fingerprint density at radius 3 is 2.26 bits per heavy atom. The van der Waals surface area contributed by atoms with Gasteiger partial charge < -0.3 is 5.32 Å². The zero-order chi connectivity index (χ0) is 24.5. The Hall–Kier alpha value is -3.70. The van der Waals surface area contributed by atoms with Crippen LogP contribution in [-0.2, 0) is 0 Å². The van der Waals surface area contributed by atoms with Gasteiger partial charge in [-0.3, -0.25) is 19.3 Å². The van der Waals surface area contributed by atoms with E-state index in [1.54, 1.807) is 24.3 Å². The summed E-state index contributed by atoms with van der Waals surface area (Å²) >= 11 is 6.13. The van der Waals surface area contributed by atoms with Crippen molar-refractivity contribution in [2.45, 2.75) is 19.8 Å². The molecule has 1 N–H and O–H groups in total. The van der Waals surface area contributed by atoms with Crippen molar-refractivity contribution in [3.63, 3.8) is 0 Å². The molecule has 1 aliphatic carbocycles. The molecule has 0 spiro atoms. The van der Waals surface area contributed by atoms with E-state index in [4.69, 9.17) is 11.6 Å². The highest BCUT2D eigenvalue weighted by Gasteiger charge is 2.32. The minimum absolute atomic E-state index is 0.0150. The smallest absolute Gasteiger partial charge is 0.261 e. The lowest BCUT2D eigenvalue weighted by Gasteiger charge is -2.27. The maximum Gasteiger partial charge on any atom is 0.261 e. The zero-order valence-electron chi connectivity index (χ0n) is 19.4. The number of carbonyl (C=O) groups excluding carboxylic acids is 3. The normalized spacial score (nSPS) is 17.3. The lowest BCUT2D eigenvalue weighted by molar-refractivity contribution is 0.0610. The van der Waals surface area contributed by atoms with Crippen LogP contribution in [0.1, 0.15) is 50.8 Å². The Bertz CT molecular complexity index is 1350. The first kappa shape index (κ1) is 23.1. The van der Waals surface area contributed by atoms with Crippen LogP contribution >= 0.6 is 11.6 Å². The molecule has 0 radical (unpaired) electrons. The van der Waals surface area contributed by atoms with Gasteiger partial charge in [-0.15, -0.1) is 0 Å². The van der Waals surface area contributed by atoms with Crippen molar-refractivity contribution in [1.82, 2.24) is 4.90 Å². The number of carbonyl (C=O) groups is 3. The topological polar surface area (TPSA) is 66.5 Å². The van der Waals surface area contributed by atoms with Crippen LogP contribution < -0.4 is 5.32 Å². The molecule has 6 heteroatoms. The fraction of sp³-hybridized carbons (Fsp3) is 0.207. The minimum atomic E-state index is -0.246. The molecule has 176 valence electrons. The third-order valence-corrected chi connectivity index (χ3v) is 7.12. The number of allylic oxidation sites excluding steroid dienone is 4. The first-order valence-corrected chi connectivity index (χ1v) is 12.1. The molecular weight excluding hydrogens is 460 g/mol. The predicted octanol–water partition coefficient (Wildman–Crippen LogP) is 6.21. The zero-order valence-corrected chi connectivity index (χ0v) is 20.1. The second-order valence-electron chi connectivity index (χ2n) is 9.01. The van der Waals surface area contributed by atoms with Crippen LogP contribution in [0.5, 0.6) is 0 Å². The minimum Gasteiger partial charge on any atom is -0.385 e. The monoisotopic (exact) mass is 484 g/mol. The summed E-state index contributed by atoms with van der Waals surface area (Å²) < 4.78 is 0. The number of hydrogen-bond donors (Lipinski definition) is 1. The van der Waals surface area contributed by atoms with Gasteiger partial charge in [-0.1, -0.05) is 48.9 Å². The highest BCUT2D eigenvalue weighted by Crippen LogP contribution is 2.31. The SMILES string of the molecule is CC1CC(C(=O)c2ccc(NCCCN3C(=O)c4cccc5cccc(c45)C3=O)cc2)=CC=C1Cl. The highest BCUT2D eigenvalue weighted by atomic mass is 35.5. The summed E-state index contributed by atoms with van der Waals surface area (Å²) in [6, 6.07) is 18.5. The van der Waals surface area contributed by atoms with Gasteiger partial charge in [0.25, 0.3) is 11.8 Å². The van der Waals surface area contributed by atoms with Crippen molar-refractivity contribution in [3.8, 4) is 0 Å². The van der Waals surface area contributed by atoms with Crippen molar-refractivity contribution in [1.29, 1.82) is 0 Å². The van der Waals surface area contributed by atoms with Gasteiger partial charge in [-0.05, 0) is 66.6 Å². The van der Waals surface area contributed by atoms with Crippen molar-refractivity contribution in [2.24, 2.45) is 5.92 Å². The van der Waals surface area contributed by atoms with Gasteiger partial charge in [0, 0.05) is 51.5 Å². The fourth-order valence-corrected chi connectivity index (χ4v) is 4.83. The standard InChI is InChI=1S/C29H25ClN2O3/c1-18-17-21(11-14-25(18)30)27(33)20-9-12-22(13-10-20)31-15-4-16-32-28(34)23-7-2-5-19-6-3-8-24(26(19)23)29(32)35/h2-3,5-14,18,31H,4,15-17H2,1H3. The number of rotatable bonds is 7. The number of ketones is 1. The van der Waals surface area contributed by atoms with E-state index in [9.17, 15) is 14.4 Å². The summed E-state index contributed by atoms with van der Waals surface area (Å²) in [6.07, 6.45) is 4.85. The summed E-state index contributed by atoms with van der Waals surface area (Å²) in [6.45, 7) is 2.92. The van der Waals surface area contributed by atoms with Crippen LogP contribution in [-0.4, -0.2) is 35.6 Å². The van der Waals surface area contributed by atoms with Gasteiger partial charge >= 0.3 is 0 Å². The van der Waals surface area contributed by atoms with E-state index in [0.717, 1.165) is 27.1 Å². The fourth-order valence-electron chi connectivity index (χ4n) is 4.69. The van der Waals surface area contributed by atoms with Crippen molar-refractivity contribution >= 4 is 45.7 Å². The van der Waals surface area contributed by atoms with Crippen molar-refractivity contribution in [3.05, 3.63) is 100 Å². The van der Waals surface area contributed by atoms with E-state index >= 15 is 0 Å². The van der Waals surface area contributed by atoms with E-state index in [2.05, 4.69) is 5.32 Å². The Labute approximate surface area is 209 Å². The van der Waals surface area contributed by atoms with E-state index in [0.29, 0.717) is 42.6 Å². The number of benzene rings is 3. The van der Waals surface area contributed by atoms with Gasteiger partial charge in [0.15, 0.2) is 5.78 Å². The van der Waals surface area contributed by atoms with E-state index in [-0.39, 0.29) is 23.5 Å². The third-order valence-electron chi connectivity index (χ3n) is 6.62. The molecule has 0 fully saturated rings. The average Bonchev–Trinajstić information content (AvgIpc) is 2.88. The number of hydrogen-bond acceptors (Lipinski definition) is 4. The molecule has 2 amide bonds. The lowest BCUT2D eigenvalue weighted by Crippen LogP contribution is -2.41. The molecule has 1 atom stereocenters. The van der Waals surface area contributed by atoms with Gasteiger partial charge in [0.05, 0.1) is 0 Å². The van der Waals surface area contributed by atoms with E-state index in [1.165, 1.54) is 4.90 Å². The molecule has 35 heavy (non-hydrogen) atoms. The first-order chi connectivity index (χ1) is 16.9. The molecule has 0 saturated heterocycles. The Morgan fingerprint density at radius 2 is 1.63 bits per heavy atom. The van der Waals surface area contributed by atoms with Gasteiger partial charge in [0.2, 0.25) is 0 Å². The Morgan fingerprint density at radius 1 is 0.971 bits per heavy atom. The van der Waals surface area contributed by atoms with Gasteiger partial charge in [0.1, 0.15) is 0 Å². The van der Waals surface area contributed by atoms with Crippen molar-refractivity contribution < 1.29 is 14.4 Å². The molecule has 1 heterocycles. The maximum atomic E-state index is 13.0. The van der Waals surface area contributed by atoms with Crippen LogP contribution in [0, 0.1) is 5.92 Å². The number of amides is 2. The summed E-state index contributed by atoms with van der Waals surface area (Å²) in [5.74, 6) is -0.322. The van der Waals surface area contributed by atoms with Crippen molar-refractivity contribution in [2.75, 3.05) is 18.4 Å². The van der Waals surface area contributed by atoms with Gasteiger partial charge in [-0.2, -0.15) is 0 Å². The number of halogens is 1. The number of nitrogens with zero attached hydrogens (tertiary/aromatic N) is 1. The van der Waals surface area contributed by atoms with Crippen LogP contribution in [0.3, 0.4) is 0 Å². The number of imide groups is 1. The van der Waals surface area contributed by atoms with E-state index < -0.39 is 0 Å². The third kappa shape index (κ3) is 4.40. The molecule has 5 nitrogen and oxygen atoms in total. The molecule has 0 bridgehead atoms. The largest absolute Gasteiger partial charge is 0.385 e. The van der Waals surface area contributed by atoms with Gasteiger partial charge in [-0.25, -0.2) is 0 Å². The molecule has 2 aliphatic rings. The molecule has 1 unspecified atom stereocenters. The van der Waals surface area contributed by atoms with Crippen LogP contribution in [0.15, 0.2) is 83.4 Å². The second kappa shape index (κ2) is 9.51.